The number of carbonyl (C=O) groups excluding carboxylic acids is 1. The van der Waals surface area contributed by atoms with Gasteiger partial charge in [0.25, 0.3) is 5.91 Å². The molecule has 1 amide bonds. The average Bonchev–Trinajstić information content (AvgIpc) is 2.84. The quantitative estimate of drug-likeness (QED) is 0.841. The van der Waals surface area contributed by atoms with E-state index in [0.717, 1.165) is 19.5 Å². The number of likely N-dealkylation sites (N-methyl/N-ethyl adjacent to an activating group) is 1. The minimum atomic E-state index is -0.0689. The minimum absolute atomic E-state index is 0.00611. The third kappa shape index (κ3) is 2.53. The Hall–Kier alpha value is -1.26. The van der Waals surface area contributed by atoms with Gasteiger partial charge in [-0.15, -0.1) is 0 Å². The van der Waals surface area contributed by atoms with Crippen LogP contribution in [0.2, 0.25) is 5.02 Å². The first-order valence-electron chi connectivity index (χ1n) is 5.56. The molecule has 1 fully saturated rings. The molecule has 0 spiro atoms. The number of halogens is 1. The highest BCUT2D eigenvalue weighted by Gasteiger charge is 2.24. The van der Waals surface area contributed by atoms with E-state index in [1.165, 1.54) is 12.1 Å². The van der Waals surface area contributed by atoms with Crippen molar-refractivity contribution in [3.63, 3.8) is 0 Å². The van der Waals surface area contributed by atoms with Gasteiger partial charge in [0.05, 0.1) is 5.02 Å². The lowest BCUT2D eigenvalue weighted by Crippen LogP contribution is -2.38. The molecule has 0 bridgehead atoms. The molecule has 1 aromatic rings. The maximum atomic E-state index is 12.2. The van der Waals surface area contributed by atoms with Crippen molar-refractivity contribution >= 4 is 17.5 Å². The van der Waals surface area contributed by atoms with Crippen molar-refractivity contribution in [1.29, 1.82) is 0 Å². The molecular weight excluding hydrogens is 240 g/mol. The van der Waals surface area contributed by atoms with Crippen LogP contribution in [0.5, 0.6) is 5.75 Å². The van der Waals surface area contributed by atoms with Crippen LogP contribution in [0.3, 0.4) is 0 Å². The molecule has 1 saturated heterocycles. The van der Waals surface area contributed by atoms with E-state index in [0.29, 0.717) is 5.56 Å². The van der Waals surface area contributed by atoms with E-state index < -0.39 is 0 Å². The molecule has 1 aromatic carbocycles. The normalized spacial score (nSPS) is 19.3. The first-order valence-corrected chi connectivity index (χ1v) is 5.94. The fourth-order valence-electron chi connectivity index (χ4n) is 1.98. The Balaban J connectivity index is 2.15. The first kappa shape index (κ1) is 12.2. The summed E-state index contributed by atoms with van der Waals surface area (Å²) >= 11 is 5.79. The van der Waals surface area contributed by atoms with Crippen molar-refractivity contribution in [1.82, 2.24) is 10.2 Å². The van der Waals surface area contributed by atoms with Gasteiger partial charge in [0, 0.05) is 25.2 Å². The number of aromatic hydroxyl groups is 1. The van der Waals surface area contributed by atoms with Gasteiger partial charge in [0.1, 0.15) is 5.75 Å². The maximum absolute atomic E-state index is 12.2. The van der Waals surface area contributed by atoms with E-state index in [1.807, 2.05) is 0 Å². The number of phenolic OH excluding ortho intramolecular Hbond substituents is 1. The van der Waals surface area contributed by atoms with E-state index in [1.54, 1.807) is 18.0 Å². The zero-order chi connectivity index (χ0) is 12.4. The second-order valence-electron chi connectivity index (χ2n) is 4.23. The molecule has 2 N–H and O–H groups in total. The Labute approximate surface area is 105 Å². The third-order valence-corrected chi connectivity index (χ3v) is 3.40. The number of amides is 1. The summed E-state index contributed by atoms with van der Waals surface area (Å²) in [6.45, 7) is 1.77. The molecule has 1 aliphatic heterocycles. The van der Waals surface area contributed by atoms with Gasteiger partial charge in [-0.3, -0.25) is 4.79 Å². The highest BCUT2D eigenvalue weighted by Crippen LogP contribution is 2.24. The van der Waals surface area contributed by atoms with Crippen molar-refractivity contribution in [3.05, 3.63) is 28.8 Å². The number of benzene rings is 1. The zero-order valence-electron chi connectivity index (χ0n) is 9.61. The van der Waals surface area contributed by atoms with Gasteiger partial charge in [-0.1, -0.05) is 11.6 Å². The van der Waals surface area contributed by atoms with E-state index >= 15 is 0 Å². The molecule has 1 atom stereocenters. The molecule has 1 heterocycles. The smallest absolute Gasteiger partial charge is 0.253 e. The van der Waals surface area contributed by atoms with Crippen LogP contribution < -0.4 is 5.32 Å². The maximum Gasteiger partial charge on any atom is 0.253 e. The average molecular weight is 255 g/mol. The van der Waals surface area contributed by atoms with Crippen LogP contribution in [-0.4, -0.2) is 42.1 Å². The van der Waals surface area contributed by atoms with E-state index in [-0.39, 0.29) is 22.7 Å². The van der Waals surface area contributed by atoms with Gasteiger partial charge < -0.3 is 15.3 Å². The Morgan fingerprint density at radius 2 is 2.35 bits per heavy atom. The molecule has 5 heteroatoms. The largest absolute Gasteiger partial charge is 0.506 e. The van der Waals surface area contributed by atoms with Crippen LogP contribution in [0.4, 0.5) is 0 Å². The number of hydrogen-bond acceptors (Lipinski definition) is 3. The summed E-state index contributed by atoms with van der Waals surface area (Å²) in [5.74, 6) is -0.0750. The molecule has 92 valence electrons. The van der Waals surface area contributed by atoms with Gasteiger partial charge in [0.15, 0.2) is 0 Å². The van der Waals surface area contributed by atoms with E-state index in [4.69, 9.17) is 11.6 Å². The minimum Gasteiger partial charge on any atom is -0.506 e. The molecule has 0 aliphatic carbocycles. The molecule has 1 unspecified atom stereocenters. The molecule has 17 heavy (non-hydrogen) atoms. The monoisotopic (exact) mass is 254 g/mol. The zero-order valence-corrected chi connectivity index (χ0v) is 10.4. The highest BCUT2D eigenvalue weighted by molar-refractivity contribution is 6.32. The summed E-state index contributed by atoms with van der Waals surface area (Å²) in [4.78, 5) is 13.9. The lowest BCUT2D eigenvalue weighted by atomic mass is 10.1. The van der Waals surface area contributed by atoms with Gasteiger partial charge >= 0.3 is 0 Å². The van der Waals surface area contributed by atoms with Crippen LogP contribution in [0.15, 0.2) is 18.2 Å². The van der Waals surface area contributed by atoms with Crippen LogP contribution in [0, 0.1) is 0 Å². The van der Waals surface area contributed by atoms with Crippen molar-refractivity contribution in [3.8, 4) is 5.75 Å². The fraction of sp³-hybridized carbons (Fsp3) is 0.417. The number of rotatable bonds is 2. The SMILES string of the molecule is CN(C(=O)c1ccc(O)c(Cl)c1)C1CCNC1. The molecule has 1 aliphatic rings. The predicted octanol–water partition coefficient (Wildman–Crippen LogP) is 1.48. The van der Waals surface area contributed by atoms with Gasteiger partial charge in [-0.05, 0) is 31.2 Å². The second kappa shape index (κ2) is 4.94. The number of nitrogens with zero attached hydrogens (tertiary/aromatic N) is 1. The predicted molar refractivity (Wildman–Crippen MR) is 66.5 cm³/mol. The Bertz CT molecular complexity index is 431. The summed E-state index contributed by atoms with van der Waals surface area (Å²) < 4.78 is 0. The van der Waals surface area contributed by atoms with Gasteiger partial charge in [-0.25, -0.2) is 0 Å². The summed E-state index contributed by atoms with van der Waals surface area (Å²) in [5.41, 5.74) is 0.502. The van der Waals surface area contributed by atoms with Crippen LogP contribution in [-0.2, 0) is 0 Å². The topological polar surface area (TPSA) is 52.6 Å². The van der Waals surface area contributed by atoms with Crippen molar-refractivity contribution in [2.24, 2.45) is 0 Å². The second-order valence-corrected chi connectivity index (χ2v) is 4.64. The van der Waals surface area contributed by atoms with Crippen LogP contribution in [0.1, 0.15) is 16.8 Å². The van der Waals surface area contributed by atoms with E-state index in [9.17, 15) is 9.90 Å². The number of hydrogen-bond donors (Lipinski definition) is 2. The molecule has 2 rings (SSSR count). The molecule has 0 radical (unpaired) electrons. The van der Waals surface area contributed by atoms with Crippen LogP contribution in [0.25, 0.3) is 0 Å². The van der Waals surface area contributed by atoms with Crippen molar-refractivity contribution in [2.45, 2.75) is 12.5 Å². The molecular formula is C12H15ClN2O2. The summed E-state index contributed by atoms with van der Waals surface area (Å²) in [5, 5.41) is 12.7. The summed E-state index contributed by atoms with van der Waals surface area (Å²) in [7, 11) is 1.79. The van der Waals surface area contributed by atoms with Crippen molar-refractivity contribution < 1.29 is 9.90 Å². The Morgan fingerprint density at radius 1 is 1.59 bits per heavy atom. The van der Waals surface area contributed by atoms with Gasteiger partial charge in [-0.2, -0.15) is 0 Å². The molecule has 0 saturated carbocycles. The highest BCUT2D eigenvalue weighted by atomic mass is 35.5. The molecule has 4 nitrogen and oxygen atoms in total. The fourth-order valence-corrected chi connectivity index (χ4v) is 2.16. The van der Waals surface area contributed by atoms with E-state index in [2.05, 4.69) is 5.32 Å². The molecule has 0 aromatic heterocycles. The summed E-state index contributed by atoms with van der Waals surface area (Å²) in [6, 6.07) is 4.76. The Kier molecular flexibility index (Phi) is 3.54. The lowest BCUT2D eigenvalue weighted by Gasteiger charge is -2.23. The van der Waals surface area contributed by atoms with Crippen LogP contribution >= 0.6 is 11.6 Å². The Morgan fingerprint density at radius 3 is 2.94 bits per heavy atom. The first-order chi connectivity index (χ1) is 8.09. The lowest BCUT2D eigenvalue weighted by molar-refractivity contribution is 0.0744. The number of nitrogens with one attached hydrogen (secondary N) is 1. The van der Waals surface area contributed by atoms with Gasteiger partial charge in [0.2, 0.25) is 0 Å². The van der Waals surface area contributed by atoms with Crippen molar-refractivity contribution in [2.75, 3.05) is 20.1 Å². The number of carbonyl (C=O) groups is 1. The standard InChI is InChI=1S/C12H15ClN2O2/c1-15(9-4-5-14-7-9)12(17)8-2-3-11(16)10(13)6-8/h2-3,6,9,14,16H,4-5,7H2,1H3. The number of phenols is 1. The summed E-state index contributed by atoms with van der Waals surface area (Å²) in [6.07, 6.45) is 0.966. The third-order valence-electron chi connectivity index (χ3n) is 3.10.